The summed E-state index contributed by atoms with van der Waals surface area (Å²) in [6.07, 6.45) is 3.28. The molecule has 2 rings (SSSR count). The highest BCUT2D eigenvalue weighted by Gasteiger charge is 2.18. The van der Waals surface area contributed by atoms with Crippen LogP contribution in [-0.2, 0) is 0 Å². The van der Waals surface area contributed by atoms with Crippen LogP contribution < -0.4 is 5.73 Å². The molecule has 0 radical (unpaired) electrons. The molecule has 0 saturated carbocycles. The molecule has 2 aromatic heterocycles. The fourth-order valence-corrected chi connectivity index (χ4v) is 1.66. The van der Waals surface area contributed by atoms with Crippen molar-refractivity contribution in [3.63, 3.8) is 0 Å². The molecule has 0 aliphatic heterocycles. The van der Waals surface area contributed by atoms with Gasteiger partial charge in [-0.05, 0) is 19.1 Å². The fraction of sp³-hybridized carbons (Fsp3) is 0.0909. The molecule has 2 heterocycles. The molecule has 4 N–H and O–H groups in total. The van der Waals surface area contributed by atoms with Crippen molar-refractivity contribution in [2.75, 3.05) is 5.73 Å². The quantitative estimate of drug-likeness (QED) is 0.713. The summed E-state index contributed by atoms with van der Waals surface area (Å²) in [5.41, 5.74) is 8.09. The van der Waals surface area contributed by atoms with Crippen LogP contribution in [0.5, 0.6) is 0 Å². The Morgan fingerprint density at radius 1 is 1.56 bits per heavy atom. The number of carboxylic acid groups (broad SMARTS) is 1. The molecule has 2 aromatic rings. The van der Waals surface area contributed by atoms with Gasteiger partial charge in [0.2, 0.25) is 0 Å². The smallest absolute Gasteiger partial charge is 0.339 e. The van der Waals surface area contributed by atoms with Gasteiger partial charge >= 0.3 is 5.97 Å². The number of aromatic carboxylic acids is 1. The molecule has 16 heavy (non-hydrogen) atoms. The Hall–Kier alpha value is -2.30. The van der Waals surface area contributed by atoms with Gasteiger partial charge < -0.3 is 15.8 Å². The summed E-state index contributed by atoms with van der Waals surface area (Å²) >= 11 is 0. The van der Waals surface area contributed by atoms with E-state index < -0.39 is 5.97 Å². The van der Waals surface area contributed by atoms with Gasteiger partial charge in [-0.15, -0.1) is 0 Å². The minimum absolute atomic E-state index is 0.124. The number of aromatic amines is 1. The second-order valence-corrected chi connectivity index (χ2v) is 3.46. The van der Waals surface area contributed by atoms with Crippen LogP contribution >= 0.6 is 0 Å². The lowest BCUT2D eigenvalue weighted by atomic mass is 10.1. The maximum Gasteiger partial charge on any atom is 0.339 e. The average molecular weight is 217 g/mol. The zero-order valence-corrected chi connectivity index (χ0v) is 8.69. The Bertz CT molecular complexity index is 532. The van der Waals surface area contributed by atoms with E-state index in [-0.39, 0.29) is 11.3 Å². The minimum Gasteiger partial charge on any atom is -0.478 e. The lowest BCUT2D eigenvalue weighted by Crippen LogP contribution is -2.01. The van der Waals surface area contributed by atoms with Gasteiger partial charge in [-0.2, -0.15) is 0 Å². The molecule has 0 spiro atoms. The largest absolute Gasteiger partial charge is 0.478 e. The van der Waals surface area contributed by atoms with E-state index >= 15 is 0 Å². The van der Waals surface area contributed by atoms with Crippen LogP contribution in [0.25, 0.3) is 11.3 Å². The van der Waals surface area contributed by atoms with Crippen LogP contribution in [0.1, 0.15) is 16.1 Å². The van der Waals surface area contributed by atoms with E-state index in [9.17, 15) is 4.79 Å². The first kappa shape index (κ1) is 10.2. The Morgan fingerprint density at radius 3 is 2.81 bits per heavy atom. The third-order valence-corrected chi connectivity index (χ3v) is 2.39. The summed E-state index contributed by atoms with van der Waals surface area (Å²) < 4.78 is 0. The van der Waals surface area contributed by atoms with Crippen molar-refractivity contribution in [1.29, 1.82) is 0 Å². The van der Waals surface area contributed by atoms with Crippen LogP contribution in [0, 0.1) is 6.92 Å². The summed E-state index contributed by atoms with van der Waals surface area (Å²) in [6, 6.07) is 3.59. The van der Waals surface area contributed by atoms with E-state index in [1.54, 1.807) is 25.4 Å². The molecule has 0 saturated heterocycles. The maximum atomic E-state index is 11.0. The van der Waals surface area contributed by atoms with Crippen molar-refractivity contribution in [2.24, 2.45) is 0 Å². The molecule has 0 bridgehead atoms. The zero-order chi connectivity index (χ0) is 11.7. The van der Waals surface area contributed by atoms with E-state index in [1.807, 2.05) is 6.07 Å². The van der Waals surface area contributed by atoms with Gasteiger partial charge in [-0.1, -0.05) is 0 Å². The summed E-state index contributed by atoms with van der Waals surface area (Å²) in [5.74, 6) is -1.03. The molecule has 0 atom stereocenters. The normalized spacial score (nSPS) is 10.3. The number of nitrogens with one attached hydrogen (secondary N) is 1. The van der Waals surface area contributed by atoms with Crippen LogP contribution in [-0.4, -0.2) is 21.0 Å². The molecule has 0 aliphatic rings. The Labute approximate surface area is 91.9 Å². The summed E-state index contributed by atoms with van der Waals surface area (Å²) in [5, 5.41) is 8.99. The number of aromatic nitrogens is 2. The number of rotatable bonds is 2. The SMILES string of the molecule is Cc1[nH]c(-c2cccnc2)c(N)c1C(=O)O. The van der Waals surface area contributed by atoms with E-state index in [2.05, 4.69) is 9.97 Å². The van der Waals surface area contributed by atoms with Crippen LogP contribution in [0.4, 0.5) is 5.69 Å². The van der Waals surface area contributed by atoms with E-state index in [4.69, 9.17) is 10.8 Å². The van der Waals surface area contributed by atoms with Gasteiger partial charge in [0.15, 0.2) is 0 Å². The van der Waals surface area contributed by atoms with Crippen molar-refractivity contribution >= 4 is 11.7 Å². The molecular weight excluding hydrogens is 206 g/mol. The monoisotopic (exact) mass is 217 g/mol. The molecule has 82 valence electrons. The summed E-state index contributed by atoms with van der Waals surface area (Å²) in [4.78, 5) is 17.9. The molecule has 0 fully saturated rings. The molecule has 0 unspecified atom stereocenters. The second kappa shape index (κ2) is 3.69. The number of anilines is 1. The molecule has 5 nitrogen and oxygen atoms in total. The number of pyridine rings is 1. The molecular formula is C11H11N3O2. The lowest BCUT2D eigenvalue weighted by Gasteiger charge is -1.99. The number of nitrogen functional groups attached to an aromatic ring is 1. The molecule has 5 heteroatoms. The first-order valence-electron chi connectivity index (χ1n) is 4.73. The van der Waals surface area contributed by atoms with Crippen LogP contribution in [0.15, 0.2) is 24.5 Å². The molecule has 0 aliphatic carbocycles. The predicted molar refractivity (Wildman–Crippen MR) is 60.1 cm³/mol. The van der Waals surface area contributed by atoms with Crippen LogP contribution in [0.2, 0.25) is 0 Å². The Kier molecular flexibility index (Phi) is 2.36. The number of hydrogen-bond donors (Lipinski definition) is 3. The first-order chi connectivity index (χ1) is 7.61. The number of aryl methyl sites for hydroxylation is 1. The second-order valence-electron chi connectivity index (χ2n) is 3.46. The Morgan fingerprint density at radius 2 is 2.31 bits per heavy atom. The van der Waals surface area contributed by atoms with Gasteiger partial charge in [-0.25, -0.2) is 4.79 Å². The fourth-order valence-electron chi connectivity index (χ4n) is 1.66. The number of H-pyrrole nitrogens is 1. The van der Waals surface area contributed by atoms with Gasteiger partial charge in [0.1, 0.15) is 5.56 Å². The van der Waals surface area contributed by atoms with Gasteiger partial charge in [0, 0.05) is 23.7 Å². The van der Waals surface area contributed by atoms with E-state index in [1.165, 1.54) is 0 Å². The third-order valence-electron chi connectivity index (χ3n) is 2.39. The van der Waals surface area contributed by atoms with Crippen molar-refractivity contribution in [3.05, 3.63) is 35.8 Å². The highest BCUT2D eigenvalue weighted by molar-refractivity contribution is 5.99. The molecule has 0 amide bonds. The zero-order valence-electron chi connectivity index (χ0n) is 8.69. The standard InChI is InChI=1S/C11H11N3O2/c1-6-8(11(15)16)9(12)10(14-6)7-3-2-4-13-5-7/h2-5,14H,12H2,1H3,(H,15,16). The number of hydrogen-bond acceptors (Lipinski definition) is 3. The van der Waals surface area contributed by atoms with E-state index in [0.29, 0.717) is 11.4 Å². The highest BCUT2D eigenvalue weighted by Crippen LogP contribution is 2.29. The third kappa shape index (κ3) is 1.52. The summed E-state index contributed by atoms with van der Waals surface area (Å²) in [6.45, 7) is 1.68. The topological polar surface area (TPSA) is 92.0 Å². The van der Waals surface area contributed by atoms with Crippen molar-refractivity contribution in [1.82, 2.24) is 9.97 Å². The molecule has 0 aromatic carbocycles. The minimum atomic E-state index is -1.03. The van der Waals surface area contributed by atoms with Crippen molar-refractivity contribution in [3.8, 4) is 11.3 Å². The van der Waals surface area contributed by atoms with Crippen LogP contribution in [0.3, 0.4) is 0 Å². The lowest BCUT2D eigenvalue weighted by molar-refractivity contribution is 0.0697. The average Bonchev–Trinajstić information content (AvgIpc) is 2.55. The number of carboxylic acids is 1. The maximum absolute atomic E-state index is 11.0. The predicted octanol–water partition coefficient (Wildman–Crippen LogP) is 1.67. The number of nitrogens with zero attached hydrogens (tertiary/aromatic N) is 1. The number of carbonyl (C=O) groups is 1. The first-order valence-corrected chi connectivity index (χ1v) is 4.73. The van der Waals surface area contributed by atoms with Gasteiger partial charge in [0.05, 0.1) is 11.4 Å². The van der Waals surface area contributed by atoms with Crippen molar-refractivity contribution < 1.29 is 9.90 Å². The van der Waals surface area contributed by atoms with E-state index in [0.717, 1.165) is 5.56 Å². The van der Waals surface area contributed by atoms with Gasteiger partial charge in [-0.3, -0.25) is 4.98 Å². The summed E-state index contributed by atoms with van der Waals surface area (Å²) in [7, 11) is 0. The van der Waals surface area contributed by atoms with Gasteiger partial charge in [0.25, 0.3) is 0 Å². The van der Waals surface area contributed by atoms with Crippen molar-refractivity contribution in [2.45, 2.75) is 6.92 Å². The Balaban J connectivity index is 2.61. The number of nitrogens with two attached hydrogens (primary N) is 1. The highest BCUT2D eigenvalue weighted by atomic mass is 16.4.